The van der Waals surface area contributed by atoms with E-state index in [1.807, 2.05) is 42.5 Å². The summed E-state index contributed by atoms with van der Waals surface area (Å²) in [4.78, 5) is 19.3. The lowest BCUT2D eigenvalue weighted by atomic mass is 9.79. The zero-order valence-corrected chi connectivity index (χ0v) is 22.0. The molecule has 2 heterocycles. The van der Waals surface area contributed by atoms with Gasteiger partial charge in [-0.15, -0.1) is 11.8 Å². The minimum atomic E-state index is -1.14. The number of likely N-dealkylation sites (tertiary alicyclic amines) is 1. The molecular weight excluding hydrogens is 499 g/mol. The predicted octanol–water partition coefficient (Wildman–Crippen LogP) is 6.89. The van der Waals surface area contributed by atoms with Crippen LogP contribution in [-0.2, 0) is 4.79 Å². The summed E-state index contributed by atoms with van der Waals surface area (Å²) in [6.45, 7) is 2.50. The number of ether oxygens (including phenoxy) is 1. The van der Waals surface area contributed by atoms with Gasteiger partial charge < -0.3 is 14.7 Å². The van der Waals surface area contributed by atoms with Gasteiger partial charge in [-0.05, 0) is 79.6 Å². The molecule has 2 aromatic carbocycles. The fourth-order valence-corrected chi connectivity index (χ4v) is 6.35. The van der Waals surface area contributed by atoms with Gasteiger partial charge in [0.15, 0.2) is 0 Å². The first-order valence-electron chi connectivity index (χ1n) is 12.3. The Bertz CT molecular complexity index is 1180. The van der Waals surface area contributed by atoms with Crippen molar-refractivity contribution in [2.24, 2.45) is 11.8 Å². The Hall–Kier alpha value is -2.35. The van der Waals surface area contributed by atoms with Gasteiger partial charge in [0.1, 0.15) is 11.9 Å². The molecule has 0 spiro atoms. The topological polar surface area (TPSA) is 62.7 Å². The van der Waals surface area contributed by atoms with Gasteiger partial charge in [-0.25, -0.2) is 4.39 Å². The van der Waals surface area contributed by atoms with Crippen LogP contribution < -0.4 is 4.74 Å². The van der Waals surface area contributed by atoms with E-state index in [-0.39, 0.29) is 18.3 Å². The van der Waals surface area contributed by atoms with Gasteiger partial charge in [0.2, 0.25) is 0 Å². The Kier molecular flexibility index (Phi) is 9.46. The number of fused-ring (bicyclic) bond motifs is 1. The van der Waals surface area contributed by atoms with E-state index >= 15 is 4.39 Å². The first kappa shape index (κ1) is 26.7. The summed E-state index contributed by atoms with van der Waals surface area (Å²) < 4.78 is 20.8. The maximum absolute atomic E-state index is 15.5. The number of carbonyl (C=O) groups is 1. The van der Waals surface area contributed by atoms with Crippen molar-refractivity contribution in [2.45, 2.75) is 36.8 Å². The van der Waals surface area contributed by atoms with E-state index in [9.17, 15) is 9.90 Å². The summed E-state index contributed by atoms with van der Waals surface area (Å²) >= 11 is 7.98. The van der Waals surface area contributed by atoms with Crippen LogP contribution in [0, 0.1) is 11.8 Å². The number of piperidine rings is 1. The minimum absolute atomic E-state index is 0.0167. The molecule has 1 aromatic heterocycles. The number of rotatable bonds is 11. The minimum Gasteiger partial charge on any atom is -0.497 e. The van der Waals surface area contributed by atoms with Crippen molar-refractivity contribution in [1.82, 2.24) is 9.88 Å². The second-order valence-corrected chi connectivity index (χ2v) is 10.9. The van der Waals surface area contributed by atoms with E-state index in [1.54, 1.807) is 31.1 Å². The average molecular weight is 531 g/mol. The Morgan fingerprint density at radius 2 is 2.11 bits per heavy atom. The average Bonchev–Trinajstić information content (AvgIpc) is 2.88. The van der Waals surface area contributed by atoms with Crippen LogP contribution in [-0.4, -0.2) is 53.5 Å². The smallest absolute Gasteiger partial charge is 0.303 e. The number of aromatic nitrogens is 1. The van der Waals surface area contributed by atoms with Crippen LogP contribution >= 0.6 is 23.4 Å². The lowest BCUT2D eigenvalue weighted by Gasteiger charge is -2.38. The number of methoxy groups -OCH3 is 1. The molecule has 1 aliphatic heterocycles. The highest BCUT2D eigenvalue weighted by atomic mass is 35.5. The van der Waals surface area contributed by atoms with E-state index in [0.29, 0.717) is 24.2 Å². The molecule has 0 aliphatic carbocycles. The lowest BCUT2D eigenvalue weighted by molar-refractivity contribution is -0.139. The van der Waals surface area contributed by atoms with Crippen LogP contribution in [0.15, 0.2) is 59.6 Å². The number of hydrogen-bond acceptors (Lipinski definition) is 5. The molecule has 0 bridgehead atoms. The molecular formula is C28H32ClFN2O3S. The predicted molar refractivity (Wildman–Crippen MR) is 144 cm³/mol. The number of benzene rings is 2. The fraction of sp³-hybridized carbons (Fsp3) is 0.429. The third-order valence-corrected chi connectivity index (χ3v) is 8.52. The largest absolute Gasteiger partial charge is 0.497 e. The van der Waals surface area contributed by atoms with Crippen molar-refractivity contribution in [3.63, 3.8) is 0 Å². The molecule has 0 unspecified atom stereocenters. The van der Waals surface area contributed by atoms with Crippen LogP contribution in [0.4, 0.5) is 4.39 Å². The van der Waals surface area contributed by atoms with E-state index in [0.717, 1.165) is 52.6 Å². The summed E-state index contributed by atoms with van der Waals surface area (Å²) in [5.41, 5.74) is 1.35. The number of alkyl halides is 1. The number of hydrogen-bond donors (Lipinski definition) is 1. The van der Waals surface area contributed by atoms with Crippen LogP contribution in [0.3, 0.4) is 0 Å². The number of carboxylic acids is 1. The van der Waals surface area contributed by atoms with Crippen molar-refractivity contribution < 1.29 is 19.0 Å². The monoisotopic (exact) mass is 530 g/mol. The number of aliphatic carboxylic acids is 1. The lowest BCUT2D eigenvalue weighted by Crippen LogP contribution is -2.42. The molecule has 8 heteroatoms. The van der Waals surface area contributed by atoms with Crippen molar-refractivity contribution in [3.05, 3.63) is 65.3 Å². The van der Waals surface area contributed by atoms with Gasteiger partial charge in [0.25, 0.3) is 0 Å². The molecule has 0 saturated carbocycles. The van der Waals surface area contributed by atoms with Gasteiger partial charge in [0.05, 0.1) is 17.6 Å². The zero-order valence-electron chi connectivity index (χ0n) is 20.4. The highest BCUT2D eigenvalue weighted by Gasteiger charge is 2.31. The molecule has 1 N–H and O–H groups in total. The van der Waals surface area contributed by atoms with Crippen LogP contribution in [0.5, 0.6) is 5.75 Å². The van der Waals surface area contributed by atoms with Crippen molar-refractivity contribution in [3.8, 4) is 5.75 Å². The summed E-state index contributed by atoms with van der Waals surface area (Å²) in [7, 11) is 1.59. The van der Waals surface area contributed by atoms with Crippen molar-refractivity contribution in [2.75, 3.05) is 32.5 Å². The van der Waals surface area contributed by atoms with Crippen LogP contribution in [0.1, 0.15) is 37.4 Å². The Labute approximate surface area is 221 Å². The van der Waals surface area contributed by atoms with Crippen LogP contribution in [0.2, 0.25) is 5.02 Å². The number of nitrogens with zero attached hydrogens (tertiary/aromatic N) is 2. The zero-order chi connectivity index (χ0) is 25.5. The quantitative estimate of drug-likeness (QED) is 0.272. The highest BCUT2D eigenvalue weighted by Crippen LogP contribution is 2.36. The highest BCUT2D eigenvalue weighted by molar-refractivity contribution is 7.99. The number of pyridine rings is 1. The molecule has 3 aromatic rings. The summed E-state index contributed by atoms with van der Waals surface area (Å²) in [5, 5.41) is 11.0. The molecule has 1 saturated heterocycles. The summed E-state index contributed by atoms with van der Waals surface area (Å²) in [6.07, 6.45) is 2.52. The maximum Gasteiger partial charge on any atom is 0.303 e. The van der Waals surface area contributed by atoms with Crippen molar-refractivity contribution >= 4 is 40.2 Å². The van der Waals surface area contributed by atoms with Crippen molar-refractivity contribution in [1.29, 1.82) is 0 Å². The number of halogens is 2. The Morgan fingerprint density at radius 3 is 2.89 bits per heavy atom. The third kappa shape index (κ3) is 6.90. The van der Waals surface area contributed by atoms with E-state index < -0.39 is 12.1 Å². The van der Waals surface area contributed by atoms with E-state index in [2.05, 4.69) is 9.88 Å². The van der Waals surface area contributed by atoms with Gasteiger partial charge in [0, 0.05) is 41.7 Å². The second kappa shape index (κ2) is 12.7. The third-order valence-electron chi connectivity index (χ3n) is 7.02. The first-order valence-corrected chi connectivity index (χ1v) is 13.7. The van der Waals surface area contributed by atoms with Gasteiger partial charge in [-0.2, -0.15) is 0 Å². The van der Waals surface area contributed by atoms with Gasteiger partial charge >= 0.3 is 5.97 Å². The normalized spacial score (nSPS) is 19.3. The molecule has 192 valence electrons. The second-order valence-electron chi connectivity index (χ2n) is 9.31. The molecule has 0 amide bonds. The van der Waals surface area contributed by atoms with Crippen LogP contribution in [0.25, 0.3) is 10.9 Å². The molecule has 1 fully saturated rings. The first-order chi connectivity index (χ1) is 17.4. The summed E-state index contributed by atoms with van der Waals surface area (Å²) in [6, 6.07) is 15.0. The molecule has 4 rings (SSSR count). The maximum atomic E-state index is 15.5. The Morgan fingerprint density at radius 1 is 1.28 bits per heavy atom. The standard InChI is InChI=1S/C28H32ClFN2O3S/c1-35-21-7-9-26-23(17-21)22(10-12-31-26)25(30)8-6-19-11-13-32(18-20(19)16-28(33)34)14-15-36-27-5-3-2-4-24(27)29/h2-5,7,9-10,12,17,19-20,25H,6,8,11,13-16,18H2,1H3,(H,33,34)/t19-,20+,25-/m1/s1. The number of thioether (sulfide) groups is 1. The molecule has 5 nitrogen and oxygen atoms in total. The summed E-state index contributed by atoms with van der Waals surface area (Å²) in [5.74, 6) is 0.976. The van der Waals surface area contributed by atoms with E-state index in [4.69, 9.17) is 16.3 Å². The molecule has 1 aliphatic rings. The fourth-order valence-electron chi connectivity index (χ4n) is 5.10. The molecule has 0 radical (unpaired) electrons. The number of carboxylic acid groups (broad SMARTS) is 1. The Balaban J connectivity index is 1.35. The van der Waals surface area contributed by atoms with Gasteiger partial charge in [-0.3, -0.25) is 9.78 Å². The molecule has 3 atom stereocenters. The van der Waals surface area contributed by atoms with E-state index in [1.165, 1.54) is 0 Å². The SMILES string of the molecule is COc1ccc2nccc([C@H](F)CC[C@@H]3CCN(CCSc4ccccc4Cl)C[C@@H]3CC(=O)O)c2c1. The van der Waals surface area contributed by atoms with Gasteiger partial charge in [-0.1, -0.05) is 23.7 Å². The molecule has 36 heavy (non-hydrogen) atoms.